The molecule has 0 aliphatic rings. The van der Waals surface area contributed by atoms with Crippen LogP contribution in [0, 0.1) is 0 Å². The first-order valence-corrected chi connectivity index (χ1v) is 6.88. The summed E-state index contributed by atoms with van der Waals surface area (Å²) < 4.78 is 32.0. The molecule has 1 aromatic heterocycles. The predicted molar refractivity (Wildman–Crippen MR) is 64.0 cm³/mol. The van der Waals surface area contributed by atoms with E-state index in [0.29, 0.717) is 6.54 Å². The fourth-order valence-electron chi connectivity index (χ4n) is 1.06. The van der Waals surface area contributed by atoms with Gasteiger partial charge in [-0.1, -0.05) is 13.3 Å². The minimum absolute atomic E-state index is 0.307. The summed E-state index contributed by atoms with van der Waals surface area (Å²) in [5, 5.41) is 2.27. The van der Waals surface area contributed by atoms with Crippen molar-refractivity contribution in [2.24, 2.45) is 0 Å². The molecule has 0 bridgehead atoms. The van der Waals surface area contributed by atoms with Gasteiger partial charge in [0.05, 0.1) is 6.26 Å². The molecule has 0 fully saturated rings. The Kier molecular flexibility index (Phi) is 5.44. The van der Waals surface area contributed by atoms with Gasteiger partial charge in [0.25, 0.3) is 5.09 Å². The Hall–Kier alpha value is -1.76. The Bertz CT molecular complexity index is 490. The molecule has 0 spiro atoms. The first kappa shape index (κ1) is 14.3. The monoisotopic (exact) mass is 273 g/mol. The van der Waals surface area contributed by atoms with Crippen molar-refractivity contribution in [3.8, 4) is 0 Å². The lowest BCUT2D eigenvalue weighted by atomic mass is 10.3. The van der Waals surface area contributed by atoms with E-state index >= 15 is 0 Å². The van der Waals surface area contributed by atoms with Crippen molar-refractivity contribution >= 4 is 16.0 Å². The third-order valence-electron chi connectivity index (χ3n) is 1.97. The van der Waals surface area contributed by atoms with Gasteiger partial charge in [-0.2, -0.15) is 8.42 Å². The average molecular weight is 273 g/mol. The SMILES string of the molecule is CCCCNC(=O)C=COS(=O)(=O)c1ccco1. The largest absolute Gasteiger partial charge is 0.450 e. The normalized spacial score (nSPS) is 11.6. The van der Waals surface area contributed by atoms with Gasteiger partial charge in [-0.25, -0.2) is 0 Å². The second-order valence-corrected chi connectivity index (χ2v) is 4.93. The maximum atomic E-state index is 11.4. The van der Waals surface area contributed by atoms with Crippen molar-refractivity contribution in [2.75, 3.05) is 6.54 Å². The van der Waals surface area contributed by atoms with Gasteiger partial charge in [0, 0.05) is 12.6 Å². The summed E-state index contributed by atoms with van der Waals surface area (Å²) in [6.45, 7) is 2.55. The van der Waals surface area contributed by atoms with E-state index in [0.717, 1.165) is 25.2 Å². The molecule has 0 aliphatic heterocycles. The topological polar surface area (TPSA) is 85.6 Å². The second kappa shape index (κ2) is 6.85. The Balaban J connectivity index is 2.43. The van der Waals surface area contributed by atoms with Crippen LogP contribution in [-0.2, 0) is 19.1 Å². The standard InChI is InChI=1S/C11H15NO5S/c1-2-3-7-12-10(13)6-9-17-18(14,15)11-5-4-8-16-11/h4-6,8-9H,2-3,7H2,1H3,(H,12,13). The molecule has 0 radical (unpaired) electrons. The van der Waals surface area contributed by atoms with Gasteiger partial charge in [0.15, 0.2) is 0 Å². The number of nitrogens with one attached hydrogen (secondary N) is 1. The molecule has 0 atom stereocenters. The summed E-state index contributed by atoms with van der Waals surface area (Å²) in [5.41, 5.74) is 0. The lowest BCUT2D eigenvalue weighted by Gasteiger charge is -2.00. The Morgan fingerprint density at radius 2 is 2.33 bits per heavy atom. The lowest BCUT2D eigenvalue weighted by molar-refractivity contribution is -0.116. The third-order valence-corrected chi connectivity index (χ3v) is 3.06. The summed E-state index contributed by atoms with van der Waals surface area (Å²) in [6, 6.07) is 2.68. The molecule has 1 amide bonds. The van der Waals surface area contributed by atoms with Crippen LogP contribution >= 0.6 is 0 Å². The number of hydrogen-bond donors (Lipinski definition) is 1. The van der Waals surface area contributed by atoms with Crippen molar-refractivity contribution in [2.45, 2.75) is 24.9 Å². The number of unbranched alkanes of at least 4 members (excludes halogenated alkanes) is 1. The van der Waals surface area contributed by atoms with Gasteiger partial charge in [-0.05, 0) is 18.6 Å². The number of amides is 1. The van der Waals surface area contributed by atoms with Crippen LogP contribution in [0.25, 0.3) is 0 Å². The van der Waals surface area contributed by atoms with Crippen LogP contribution in [0.15, 0.2) is 40.2 Å². The van der Waals surface area contributed by atoms with Crippen molar-refractivity contribution in [1.82, 2.24) is 5.32 Å². The van der Waals surface area contributed by atoms with E-state index in [9.17, 15) is 13.2 Å². The van der Waals surface area contributed by atoms with Gasteiger partial charge in [0.1, 0.15) is 6.26 Å². The smallest absolute Gasteiger partial charge is 0.372 e. The summed E-state index contributed by atoms with van der Waals surface area (Å²) in [7, 11) is -3.97. The highest BCUT2D eigenvalue weighted by Crippen LogP contribution is 2.12. The Labute approximate surface area is 106 Å². The lowest BCUT2D eigenvalue weighted by Crippen LogP contribution is -2.22. The maximum Gasteiger partial charge on any atom is 0.372 e. The molecule has 0 saturated carbocycles. The van der Waals surface area contributed by atoms with Gasteiger partial charge >= 0.3 is 10.1 Å². The molecule has 0 aromatic carbocycles. The Morgan fingerprint density at radius 3 is 2.94 bits per heavy atom. The van der Waals surface area contributed by atoms with Gasteiger partial charge in [0.2, 0.25) is 5.91 Å². The zero-order valence-corrected chi connectivity index (χ0v) is 10.8. The van der Waals surface area contributed by atoms with Gasteiger partial charge < -0.3 is 13.9 Å². The predicted octanol–water partition coefficient (Wildman–Crippen LogP) is 1.41. The number of carbonyl (C=O) groups excluding carboxylic acids is 1. The molecule has 1 N–H and O–H groups in total. The fourth-order valence-corrected chi connectivity index (χ4v) is 1.78. The summed E-state index contributed by atoms with van der Waals surface area (Å²) >= 11 is 0. The van der Waals surface area contributed by atoms with E-state index < -0.39 is 16.0 Å². The third kappa shape index (κ3) is 4.62. The van der Waals surface area contributed by atoms with Crippen molar-refractivity contribution in [1.29, 1.82) is 0 Å². The van der Waals surface area contributed by atoms with Crippen molar-refractivity contribution in [3.63, 3.8) is 0 Å². The average Bonchev–Trinajstić information content (AvgIpc) is 2.83. The quantitative estimate of drug-likeness (QED) is 0.351. The van der Waals surface area contributed by atoms with Gasteiger partial charge in [-0.15, -0.1) is 0 Å². The van der Waals surface area contributed by atoms with Crippen LogP contribution in [0.2, 0.25) is 0 Å². The molecule has 0 unspecified atom stereocenters. The molecule has 1 heterocycles. The molecule has 0 saturated heterocycles. The minimum atomic E-state index is -3.97. The van der Waals surface area contributed by atoms with E-state index in [-0.39, 0.29) is 5.09 Å². The van der Waals surface area contributed by atoms with E-state index in [1.807, 2.05) is 6.92 Å². The molecule has 100 valence electrons. The molecule has 7 heteroatoms. The number of rotatable bonds is 7. The van der Waals surface area contributed by atoms with Crippen LogP contribution in [0.4, 0.5) is 0 Å². The number of furan rings is 1. The molecular formula is C11H15NO5S. The van der Waals surface area contributed by atoms with E-state index in [1.54, 1.807) is 0 Å². The minimum Gasteiger partial charge on any atom is -0.450 e. The second-order valence-electron chi connectivity index (χ2n) is 3.43. The summed E-state index contributed by atoms with van der Waals surface area (Å²) in [5.74, 6) is -0.405. The van der Waals surface area contributed by atoms with Crippen molar-refractivity contribution < 1.29 is 21.8 Å². The van der Waals surface area contributed by atoms with Gasteiger partial charge in [-0.3, -0.25) is 4.79 Å². The molecule has 18 heavy (non-hydrogen) atoms. The first-order chi connectivity index (χ1) is 8.56. The van der Waals surface area contributed by atoms with Crippen LogP contribution in [0.3, 0.4) is 0 Å². The van der Waals surface area contributed by atoms with Crippen molar-refractivity contribution in [3.05, 3.63) is 30.7 Å². The summed E-state index contributed by atoms with van der Waals surface area (Å²) in [6.07, 6.45) is 4.88. The number of hydrogen-bond acceptors (Lipinski definition) is 5. The summed E-state index contributed by atoms with van der Waals surface area (Å²) in [4.78, 5) is 11.2. The molecule has 1 aromatic rings. The van der Waals surface area contributed by atoms with Crippen LogP contribution < -0.4 is 5.32 Å². The van der Waals surface area contributed by atoms with Crippen LogP contribution in [0.1, 0.15) is 19.8 Å². The van der Waals surface area contributed by atoms with E-state index in [1.165, 1.54) is 18.4 Å². The number of carbonyl (C=O) groups is 1. The van der Waals surface area contributed by atoms with E-state index in [2.05, 4.69) is 13.9 Å². The molecular weight excluding hydrogens is 258 g/mol. The zero-order valence-electron chi connectivity index (χ0n) is 9.96. The van der Waals surface area contributed by atoms with Crippen LogP contribution in [0.5, 0.6) is 0 Å². The molecule has 0 aliphatic carbocycles. The first-order valence-electron chi connectivity index (χ1n) is 5.47. The maximum absolute atomic E-state index is 11.4. The highest BCUT2D eigenvalue weighted by atomic mass is 32.2. The highest BCUT2D eigenvalue weighted by Gasteiger charge is 2.17. The van der Waals surface area contributed by atoms with Crippen LogP contribution in [-0.4, -0.2) is 20.9 Å². The fraction of sp³-hybridized carbons (Fsp3) is 0.364. The Morgan fingerprint density at radius 1 is 1.56 bits per heavy atom. The molecule has 1 rings (SSSR count). The molecule has 6 nitrogen and oxygen atoms in total. The van der Waals surface area contributed by atoms with E-state index in [4.69, 9.17) is 0 Å². The zero-order chi connectivity index (χ0) is 13.4. The highest BCUT2D eigenvalue weighted by molar-refractivity contribution is 7.86.